The smallest absolute Gasteiger partial charge is 0.144 e. The molecule has 2 nitrogen and oxygen atoms in total. The second-order valence-electron chi connectivity index (χ2n) is 5.55. The van der Waals surface area contributed by atoms with E-state index in [1.165, 1.54) is 6.07 Å². The van der Waals surface area contributed by atoms with Crippen LogP contribution >= 0.6 is 0 Å². The highest BCUT2D eigenvalue weighted by Crippen LogP contribution is 2.25. The number of nitrogens with zero attached hydrogens (tertiary/aromatic N) is 1. The first-order chi connectivity index (χ1) is 8.38. The molecule has 1 aliphatic carbocycles. The molecule has 0 spiro atoms. The van der Waals surface area contributed by atoms with Gasteiger partial charge in [0.05, 0.1) is 5.71 Å². The normalized spacial score (nSPS) is 19.7. The molecule has 1 aromatic rings. The molecule has 0 N–H and O–H groups in total. The van der Waals surface area contributed by atoms with Gasteiger partial charge in [0, 0.05) is 5.56 Å². The molecule has 1 unspecified atom stereocenters. The Labute approximate surface area is 111 Å². The van der Waals surface area contributed by atoms with Crippen molar-refractivity contribution in [3.8, 4) is 0 Å². The molecule has 1 aliphatic rings. The van der Waals surface area contributed by atoms with Gasteiger partial charge in [-0.1, -0.05) is 4.40 Å². The summed E-state index contributed by atoms with van der Waals surface area (Å²) in [6.07, 6.45) is 2.63. The fourth-order valence-corrected chi connectivity index (χ4v) is 2.63. The van der Waals surface area contributed by atoms with Crippen molar-refractivity contribution in [2.24, 2.45) is 4.40 Å². The van der Waals surface area contributed by atoms with E-state index in [4.69, 9.17) is 0 Å². The van der Waals surface area contributed by atoms with Crippen LogP contribution in [-0.2, 0) is 17.8 Å². The monoisotopic (exact) mass is 267 g/mol. The van der Waals surface area contributed by atoms with Crippen molar-refractivity contribution in [3.63, 3.8) is 0 Å². The summed E-state index contributed by atoms with van der Waals surface area (Å²) in [5, 5.41) is 0. The number of hydrogen-bond donors (Lipinski definition) is 0. The number of benzene rings is 1. The Bertz CT molecular complexity index is 479. The quantitative estimate of drug-likeness (QED) is 0.718. The Kier molecular flexibility index (Phi) is 3.78. The first-order valence-electron chi connectivity index (χ1n) is 6.16. The van der Waals surface area contributed by atoms with E-state index in [2.05, 4.69) is 4.40 Å². The lowest BCUT2D eigenvalue weighted by atomic mass is 9.90. The molecule has 0 heterocycles. The van der Waals surface area contributed by atoms with E-state index < -0.39 is 11.4 Å². The Morgan fingerprint density at radius 1 is 1.28 bits per heavy atom. The maximum atomic E-state index is 13.2. The average molecular weight is 267 g/mol. The van der Waals surface area contributed by atoms with Gasteiger partial charge in [-0.3, -0.25) is 0 Å². The Morgan fingerprint density at radius 2 is 2.00 bits per heavy atom. The largest absolute Gasteiger partial charge is 0.591 e. The zero-order valence-corrected chi connectivity index (χ0v) is 11.8. The lowest BCUT2D eigenvalue weighted by Gasteiger charge is -2.22. The van der Waals surface area contributed by atoms with Crippen LogP contribution in [0.5, 0.6) is 0 Å². The summed E-state index contributed by atoms with van der Waals surface area (Å²) in [4.78, 5) is 0. The Morgan fingerprint density at radius 3 is 2.67 bits per heavy atom. The molecular formula is C14H18FNOS. The average Bonchev–Trinajstić information content (AvgIpc) is 2.27. The minimum absolute atomic E-state index is 0.216. The lowest BCUT2D eigenvalue weighted by molar-refractivity contribution is 0.561. The summed E-state index contributed by atoms with van der Waals surface area (Å²) in [7, 11) is 0. The zero-order valence-electron chi connectivity index (χ0n) is 11.0. The van der Waals surface area contributed by atoms with Crippen LogP contribution in [0.15, 0.2) is 22.6 Å². The highest BCUT2D eigenvalue weighted by molar-refractivity contribution is 7.91. The second kappa shape index (κ2) is 5.02. The molecule has 0 bridgehead atoms. The van der Waals surface area contributed by atoms with Gasteiger partial charge in [0.1, 0.15) is 21.9 Å². The van der Waals surface area contributed by atoms with E-state index in [1.54, 1.807) is 12.1 Å². The SMILES string of the molecule is CC(C)(C)[S+]([O-])/N=C1\CCCc2cc(F)ccc21. The highest BCUT2D eigenvalue weighted by Gasteiger charge is 2.28. The first-order valence-corrected chi connectivity index (χ1v) is 7.27. The van der Waals surface area contributed by atoms with Crippen LogP contribution in [0.2, 0.25) is 0 Å². The minimum atomic E-state index is -1.25. The summed E-state index contributed by atoms with van der Waals surface area (Å²) in [5.74, 6) is -0.216. The third kappa shape index (κ3) is 2.93. The van der Waals surface area contributed by atoms with Crippen LogP contribution in [0.25, 0.3) is 0 Å². The third-order valence-electron chi connectivity index (χ3n) is 2.95. The molecule has 2 rings (SSSR count). The van der Waals surface area contributed by atoms with Gasteiger partial charge >= 0.3 is 0 Å². The van der Waals surface area contributed by atoms with Gasteiger partial charge in [-0.25, -0.2) is 4.39 Å². The molecule has 4 heteroatoms. The lowest BCUT2D eigenvalue weighted by Crippen LogP contribution is -2.27. The van der Waals surface area contributed by atoms with Crippen LogP contribution in [-0.4, -0.2) is 15.0 Å². The van der Waals surface area contributed by atoms with Crippen molar-refractivity contribution in [1.29, 1.82) is 0 Å². The van der Waals surface area contributed by atoms with Gasteiger partial charge in [-0.15, -0.1) is 0 Å². The fourth-order valence-electron chi connectivity index (χ4n) is 1.96. The van der Waals surface area contributed by atoms with Gasteiger partial charge in [0.25, 0.3) is 0 Å². The van der Waals surface area contributed by atoms with Crippen molar-refractivity contribution in [3.05, 3.63) is 35.1 Å². The number of aryl methyl sites for hydroxylation is 1. The van der Waals surface area contributed by atoms with Gasteiger partial charge in [0.2, 0.25) is 0 Å². The van der Waals surface area contributed by atoms with Crippen molar-refractivity contribution < 1.29 is 8.94 Å². The molecule has 1 aromatic carbocycles. The van der Waals surface area contributed by atoms with Crippen LogP contribution in [0, 0.1) is 5.82 Å². The van der Waals surface area contributed by atoms with Crippen molar-refractivity contribution >= 4 is 17.1 Å². The molecule has 0 radical (unpaired) electrons. The topological polar surface area (TPSA) is 35.4 Å². The van der Waals surface area contributed by atoms with E-state index in [9.17, 15) is 8.94 Å². The third-order valence-corrected chi connectivity index (χ3v) is 4.39. The van der Waals surface area contributed by atoms with Gasteiger partial charge in [-0.05, 0) is 63.8 Å². The zero-order chi connectivity index (χ0) is 13.3. The van der Waals surface area contributed by atoms with Gasteiger partial charge in [0.15, 0.2) is 0 Å². The fraction of sp³-hybridized carbons (Fsp3) is 0.500. The molecule has 0 saturated carbocycles. The summed E-state index contributed by atoms with van der Waals surface area (Å²) >= 11 is -1.25. The Hall–Kier alpha value is -0.870. The first kappa shape index (κ1) is 13.6. The highest BCUT2D eigenvalue weighted by atomic mass is 32.2. The molecular weight excluding hydrogens is 249 g/mol. The minimum Gasteiger partial charge on any atom is -0.591 e. The van der Waals surface area contributed by atoms with E-state index in [0.717, 1.165) is 36.1 Å². The standard InChI is InChI=1S/C14H18FNOS/c1-14(2,3)18(17)16-13-6-4-5-10-9-11(15)7-8-12(10)13/h7-9H,4-6H2,1-3H3/b16-13+. The van der Waals surface area contributed by atoms with E-state index in [1.807, 2.05) is 20.8 Å². The summed E-state index contributed by atoms with van der Waals surface area (Å²) in [6.45, 7) is 5.71. The molecule has 98 valence electrons. The predicted octanol–water partition coefficient (Wildman–Crippen LogP) is 3.41. The van der Waals surface area contributed by atoms with Crippen LogP contribution in [0.1, 0.15) is 44.7 Å². The van der Waals surface area contributed by atoms with Crippen molar-refractivity contribution in [1.82, 2.24) is 0 Å². The van der Waals surface area contributed by atoms with Crippen molar-refractivity contribution in [2.45, 2.75) is 44.8 Å². The molecule has 0 aliphatic heterocycles. The van der Waals surface area contributed by atoms with Gasteiger partial charge < -0.3 is 4.55 Å². The molecule has 0 amide bonds. The van der Waals surface area contributed by atoms with Gasteiger partial charge in [-0.2, -0.15) is 0 Å². The second-order valence-corrected chi connectivity index (χ2v) is 7.46. The molecule has 0 aromatic heterocycles. The molecule has 0 fully saturated rings. The molecule has 0 saturated heterocycles. The maximum absolute atomic E-state index is 13.2. The van der Waals surface area contributed by atoms with Crippen LogP contribution in [0.3, 0.4) is 0 Å². The summed E-state index contributed by atoms with van der Waals surface area (Å²) < 4.78 is 29.2. The van der Waals surface area contributed by atoms with Crippen molar-refractivity contribution in [2.75, 3.05) is 0 Å². The summed E-state index contributed by atoms with van der Waals surface area (Å²) in [6, 6.07) is 4.76. The number of halogens is 1. The van der Waals surface area contributed by atoms with E-state index >= 15 is 0 Å². The van der Waals surface area contributed by atoms with Crippen LogP contribution in [0.4, 0.5) is 4.39 Å². The number of rotatable bonds is 1. The van der Waals surface area contributed by atoms with E-state index in [-0.39, 0.29) is 10.6 Å². The predicted molar refractivity (Wildman–Crippen MR) is 73.8 cm³/mol. The molecule has 1 atom stereocenters. The number of fused-ring (bicyclic) bond motifs is 1. The Balaban J connectivity index is 2.36. The molecule has 18 heavy (non-hydrogen) atoms. The number of hydrogen-bond acceptors (Lipinski definition) is 2. The maximum Gasteiger partial charge on any atom is 0.144 e. The van der Waals surface area contributed by atoms with Crippen LogP contribution < -0.4 is 0 Å². The van der Waals surface area contributed by atoms with E-state index in [0.29, 0.717) is 0 Å². The summed E-state index contributed by atoms with van der Waals surface area (Å²) in [5.41, 5.74) is 2.79.